The van der Waals surface area contributed by atoms with Crippen LogP contribution in [0, 0.1) is 0 Å². The highest BCUT2D eigenvalue weighted by molar-refractivity contribution is 8.26. The van der Waals surface area contributed by atoms with Crippen LogP contribution in [0.3, 0.4) is 0 Å². The van der Waals surface area contributed by atoms with Gasteiger partial charge < -0.3 is 24.6 Å². The average Bonchev–Trinajstić information content (AvgIpc) is 2.95. The molecule has 1 heterocycles. The SMILES string of the molecule is COc1cc(C=CC(C)=C2SC(=S)NC2=O)ccc1OC(OC)C(=O)O. The van der Waals surface area contributed by atoms with E-state index in [1.54, 1.807) is 30.4 Å². The Labute approximate surface area is 160 Å². The molecule has 0 spiro atoms. The van der Waals surface area contributed by atoms with Gasteiger partial charge in [-0.05, 0) is 30.2 Å². The van der Waals surface area contributed by atoms with Crippen molar-refractivity contribution in [3.05, 3.63) is 40.3 Å². The lowest BCUT2D eigenvalue weighted by atomic mass is 10.1. The number of nitrogens with one attached hydrogen (secondary N) is 1. The number of allylic oxidation sites excluding steroid dienone is 2. The van der Waals surface area contributed by atoms with E-state index < -0.39 is 12.3 Å². The summed E-state index contributed by atoms with van der Waals surface area (Å²) in [6.07, 6.45) is 2.16. The van der Waals surface area contributed by atoms with E-state index in [2.05, 4.69) is 5.32 Å². The minimum Gasteiger partial charge on any atom is -0.493 e. The zero-order chi connectivity index (χ0) is 19.3. The third kappa shape index (κ3) is 4.84. The second-order valence-electron chi connectivity index (χ2n) is 5.12. The molecule has 1 aromatic carbocycles. The predicted molar refractivity (Wildman–Crippen MR) is 102 cm³/mol. The summed E-state index contributed by atoms with van der Waals surface area (Å²) in [6.45, 7) is 1.82. The third-order valence-electron chi connectivity index (χ3n) is 3.34. The molecule has 7 nitrogen and oxygen atoms in total. The Morgan fingerprint density at radius 1 is 1.35 bits per heavy atom. The maximum Gasteiger partial charge on any atom is 0.373 e. The van der Waals surface area contributed by atoms with Gasteiger partial charge in [-0.25, -0.2) is 4.79 Å². The number of carboxylic acid groups (broad SMARTS) is 1. The molecule has 1 aliphatic heterocycles. The molecule has 0 bridgehead atoms. The Morgan fingerprint density at radius 3 is 2.62 bits per heavy atom. The van der Waals surface area contributed by atoms with Gasteiger partial charge in [-0.2, -0.15) is 0 Å². The fourth-order valence-corrected chi connectivity index (χ4v) is 3.11. The smallest absolute Gasteiger partial charge is 0.373 e. The number of carbonyl (C=O) groups is 2. The highest BCUT2D eigenvalue weighted by Crippen LogP contribution is 2.31. The van der Waals surface area contributed by atoms with Crippen LogP contribution in [-0.4, -0.2) is 41.8 Å². The number of benzene rings is 1. The fourth-order valence-electron chi connectivity index (χ4n) is 2.07. The van der Waals surface area contributed by atoms with Gasteiger partial charge >= 0.3 is 5.97 Å². The summed E-state index contributed by atoms with van der Waals surface area (Å²) in [7, 11) is 2.69. The molecule has 1 aliphatic rings. The van der Waals surface area contributed by atoms with Crippen LogP contribution in [0.4, 0.5) is 0 Å². The first-order valence-electron chi connectivity index (χ1n) is 7.38. The van der Waals surface area contributed by atoms with Crippen molar-refractivity contribution in [2.24, 2.45) is 0 Å². The van der Waals surface area contributed by atoms with Crippen molar-refractivity contribution in [1.29, 1.82) is 0 Å². The van der Waals surface area contributed by atoms with Crippen LogP contribution < -0.4 is 14.8 Å². The quantitative estimate of drug-likeness (QED) is 0.413. The summed E-state index contributed by atoms with van der Waals surface area (Å²) in [5.74, 6) is -0.853. The van der Waals surface area contributed by atoms with Crippen molar-refractivity contribution >= 4 is 46.3 Å². The monoisotopic (exact) mass is 395 g/mol. The zero-order valence-corrected chi connectivity index (χ0v) is 15.9. The number of amides is 1. The fraction of sp³-hybridized carbons (Fsp3) is 0.235. The number of hydrogen-bond donors (Lipinski definition) is 2. The highest BCUT2D eigenvalue weighted by Gasteiger charge is 2.23. The molecule has 1 saturated heterocycles. The molecular weight excluding hydrogens is 378 g/mol. The zero-order valence-electron chi connectivity index (χ0n) is 14.3. The molecule has 138 valence electrons. The third-order valence-corrected chi connectivity index (χ3v) is 4.69. The number of ether oxygens (including phenoxy) is 3. The lowest BCUT2D eigenvalue weighted by Crippen LogP contribution is -2.28. The molecule has 0 radical (unpaired) electrons. The summed E-state index contributed by atoms with van der Waals surface area (Å²) in [5.41, 5.74) is 1.56. The van der Waals surface area contributed by atoms with Gasteiger partial charge in [-0.15, -0.1) is 0 Å². The van der Waals surface area contributed by atoms with E-state index in [0.29, 0.717) is 15.0 Å². The number of hydrogen-bond acceptors (Lipinski definition) is 7. The number of carboxylic acids is 1. The molecule has 2 N–H and O–H groups in total. The van der Waals surface area contributed by atoms with Crippen molar-refractivity contribution in [3.8, 4) is 11.5 Å². The van der Waals surface area contributed by atoms with E-state index in [1.807, 2.05) is 6.92 Å². The number of aliphatic carboxylic acids is 1. The van der Waals surface area contributed by atoms with Crippen LogP contribution in [0.5, 0.6) is 11.5 Å². The van der Waals surface area contributed by atoms with Gasteiger partial charge in [0.05, 0.1) is 12.0 Å². The second kappa shape index (κ2) is 8.84. The number of thioether (sulfide) groups is 1. The first kappa shape index (κ1) is 20.0. The molecule has 1 aromatic rings. The van der Waals surface area contributed by atoms with E-state index in [9.17, 15) is 9.59 Å². The molecule has 9 heteroatoms. The molecule has 1 atom stereocenters. The van der Waals surface area contributed by atoms with Crippen molar-refractivity contribution in [2.45, 2.75) is 13.2 Å². The maximum absolute atomic E-state index is 11.8. The van der Waals surface area contributed by atoms with Crippen LogP contribution in [0.2, 0.25) is 0 Å². The standard InChI is InChI=1S/C17H17NO6S2/c1-9(13-14(19)18-17(25)26-13)4-5-10-6-7-11(12(8-10)22-2)24-16(23-3)15(20)21/h4-8,16H,1-3H3,(H,20,21)(H,18,19,25). The molecule has 0 aliphatic carbocycles. The van der Waals surface area contributed by atoms with Crippen LogP contribution in [-0.2, 0) is 14.3 Å². The Bertz CT molecular complexity index is 802. The van der Waals surface area contributed by atoms with Crippen molar-refractivity contribution in [1.82, 2.24) is 5.32 Å². The summed E-state index contributed by atoms with van der Waals surface area (Å²) < 4.78 is 15.7. The van der Waals surface area contributed by atoms with Crippen LogP contribution in [0.15, 0.2) is 34.8 Å². The molecule has 1 amide bonds. The van der Waals surface area contributed by atoms with Crippen molar-refractivity contribution in [3.63, 3.8) is 0 Å². The topological polar surface area (TPSA) is 94.1 Å². The summed E-state index contributed by atoms with van der Waals surface area (Å²) in [5, 5.41) is 11.6. The van der Waals surface area contributed by atoms with E-state index >= 15 is 0 Å². The molecule has 1 unspecified atom stereocenters. The van der Waals surface area contributed by atoms with Gasteiger partial charge in [0.15, 0.2) is 11.5 Å². The van der Waals surface area contributed by atoms with Gasteiger partial charge in [-0.3, -0.25) is 4.79 Å². The normalized spacial score (nSPS) is 17.2. The van der Waals surface area contributed by atoms with Gasteiger partial charge in [0.25, 0.3) is 12.2 Å². The van der Waals surface area contributed by atoms with Crippen LogP contribution >= 0.6 is 24.0 Å². The molecule has 26 heavy (non-hydrogen) atoms. The molecular formula is C17H17NO6S2. The highest BCUT2D eigenvalue weighted by atomic mass is 32.2. The van der Waals surface area contributed by atoms with Crippen LogP contribution in [0.25, 0.3) is 6.08 Å². The summed E-state index contributed by atoms with van der Waals surface area (Å²) in [4.78, 5) is 23.3. The van der Waals surface area contributed by atoms with Gasteiger partial charge in [0.1, 0.15) is 4.32 Å². The lowest BCUT2D eigenvalue weighted by molar-refractivity contribution is -0.166. The first-order chi connectivity index (χ1) is 12.3. The minimum absolute atomic E-state index is 0.206. The molecule has 0 aromatic heterocycles. The van der Waals surface area contributed by atoms with E-state index in [4.69, 9.17) is 31.5 Å². The maximum atomic E-state index is 11.8. The number of methoxy groups -OCH3 is 2. The number of rotatable bonds is 7. The van der Waals surface area contributed by atoms with Crippen LogP contribution in [0.1, 0.15) is 12.5 Å². The number of carbonyl (C=O) groups excluding carboxylic acids is 1. The number of thiocarbonyl (C=S) groups is 1. The Morgan fingerprint density at radius 2 is 2.08 bits per heavy atom. The van der Waals surface area contributed by atoms with E-state index in [-0.39, 0.29) is 11.7 Å². The van der Waals surface area contributed by atoms with Crippen molar-refractivity contribution in [2.75, 3.05) is 14.2 Å². The largest absolute Gasteiger partial charge is 0.493 e. The molecule has 2 rings (SSSR count). The minimum atomic E-state index is -1.43. The van der Waals surface area contributed by atoms with Gasteiger partial charge in [-0.1, -0.05) is 42.2 Å². The molecule has 0 saturated carbocycles. The molecule has 1 fully saturated rings. The summed E-state index contributed by atoms with van der Waals surface area (Å²) in [6, 6.07) is 5.00. The predicted octanol–water partition coefficient (Wildman–Crippen LogP) is 2.57. The van der Waals surface area contributed by atoms with Gasteiger partial charge in [0, 0.05) is 7.11 Å². The van der Waals surface area contributed by atoms with E-state index in [1.165, 1.54) is 26.0 Å². The Kier molecular flexibility index (Phi) is 6.78. The second-order valence-corrected chi connectivity index (χ2v) is 6.81. The van der Waals surface area contributed by atoms with Gasteiger partial charge in [0.2, 0.25) is 0 Å². The Hall–Kier alpha value is -2.36. The van der Waals surface area contributed by atoms with E-state index in [0.717, 1.165) is 11.1 Å². The Balaban J connectivity index is 2.21. The average molecular weight is 395 g/mol. The van der Waals surface area contributed by atoms with Crippen molar-refractivity contribution < 1.29 is 28.9 Å². The first-order valence-corrected chi connectivity index (χ1v) is 8.60. The summed E-state index contributed by atoms with van der Waals surface area (Å²) >= 11 is 6.19. The lowest BCUT2D eigenvalue weighted by Gasteiger charge is -2.15.